The topological polar surface area (TPSA) is 87.9 Å². The molecule has 1 atom stereocenters. The molecule has 10 heteroatoms. The molecule has 0 aliphatic carbocycles. The minimum atomic E-state index is -0.330. The van der Waals surface area contributed by atoms with E-state index in [0.29, 0.717) is 49.8 Å². The molecular formula is C20H28N6O4. The van der Waals surface area contributed by atoms with E-state index in [9.17, 15) is 9.59 Å². The van der Waals surface area contributed by atoms with Gasteiger partial charge in [0.25, 0.3) is 5.56 Å². The molecule has 2 fully saturated rings. The first-order chi connectivity index (χ1) is 14.5. The molecule has 0 aromatic carbocycles. The number of morpholine rings is 1. The zero-order valence-corrected chi connectivity index (χ0v) is 17.5. The molecule has 0 spiro atoms. The fraction of sp³-hybridized carbons (Fsp3) is 0.650. The molecule has 0 N–H and O–H groups in total. The van der Waals surface area contributed by atoms with Crippen LogP contribution < -0.4 is 11.2 Å². The van der Waals surface area contributed by atoms with Gasteiger partial charge in [0.15, 0.2) is 11.2 Å². The minimum Gasteiger partial charge on any atom is -0.379 e. The van der Waals surface area contributed by atoms with Gasteiger partial charge in [0.05, 0.1) is 25.9 Å². The number of hydrogen-bond donors (Lipinski definition) is 0. The summed E-state index contributed by atoms with van der Waals surface area (Å²) in [5.41, 5.74) is 1.27. The van der Waals surface area contributed by atoms with Crippen molar-refractivity contribution < 1.29 is 9.47 Å². The molecule has 0 bridgehead atoms. The Balaban J connectivity index is 1.57. The van der Waals surface area contributed by atoms with E-state index in [1.54, 1.807) is 7.05 Å². The number of aromatic nitrogens is 5. The third-order valence-corrected chi connectivity index (χ3v) is 6.29. The highest BCUT2D eigenvalue weighted by atomic mass is 16.5. The van der Waals surface area contributed by atoms with Crippen LogP contribution in [0.2, 0.25) is 0 Å². The Hall–Kier alpha value is -2.43. The summed E-state index contributed by atoms with van der Waals surface area (Å²) < 4.78 is 17.9. The van der Waals surface area contributed by atoms with Gasteiger partial charge < -0.3 is 14.0 Å². The van der Waals surface area contributed by atoms with Crippen molar-refractivity contribution in [2.24, 2.45) is 7.05 Å². The zero-order chi connectivity index (χ0) is 20.8. The average molecular weight is 416 g/mol. The monoisotopic (exact) mass is 416 g/mol. The highest BCUT2D eigenvalue weighted by Crippen LogP contribution is 2.20. The molecule has 0 saturated carbocycles. The van der Waals surface area contributed by atoms with E-state index in [2.05, 4.69) is 14.5 Å². The molecule has 3 aromatic rings. The first kappa shape index (κ1) is 19.5. The lowest BCUT2D eigenvalue weighted by Gasteiger charge is -2.26. The Morgan fingerprint density at radius 3 is 2.67 bits per heavy atom. The lowest BCUT2D eigenvalue weighted by Crippen LogP contribution is -2.44. The minimum absolute atomic E-state index is 0.161. The first-order valence-corrected chi connectivity index (χ1v) is 10.6. The molecule has 0 amide bonds. The van der Waals surface area contributed by atoms with Crippen molar-refractivity contribution in [1.82, 2.24) is 28.0 Å². The molecule has 2 saturated heterocycles. The lowest BCUT2D eigenvalue weighted by atomic mass is 10.2. The molecule has 5 heterocycles. The Kier molecular flexibility index (Phi) is 5.00. The number of fused-ring (bicyclic) bond motifs is 3. The quantitative estimate of drug-likeness (QED) is 0.581. The van der Waals surface area contributed by atoms with Crippen LogP contribution in [0, 0.1) is 6.92 Å². The second kappa shape index (κ2) is 7.68. The van der Waals surface area contributed by atoms with Crippen LogP contribution in [0.15, 0.2) is 15.8 Å². The summed E-state index contributed by atoms with van der Waals surface area (Å²) in [7, 11) is 1.68. The molecule has 30 heavy (non-hydrogen) atoms. The average Bonchev–Trinajstić information content (AvgIpc) is 3.45. The number of hydrogen-bond acceptors (Lipinski definition) is 6. The Bertz CT molecular complexity index is 1190. The molecule has 3 aromatic heterocycles. The van der Waals surface area contributed by atoms with Gasteiger partial charge in [0.2, 0.25) is 5.78 Å². The van der Waals surface area contributed by atoms with Crippen molar-refractivity contribution in [1.29, 1.82) is 0 Å². The van der Waals surface area contributed by atoms with Gasteiger partial charge in [0.1, 0.15) is 0 Å². The summed E-state index contributed by atoms with van der Waals surface area (Å²) >= 11 is 0. The van der Waals surface area contributed by atoms with E-state index in [1.165, 1.54) is 9.13 Å². The summed E-state index contributed by atoms with van der Waals surface area (Å²) in [6.45, 7) is 7.51. The molecular weight excluding hydrogens is 388 g/mol. The summed E-state index contributed by atoms with van der Waals surface area (Å²) in [6.07, 6.45) is 4.18. The summed E-state index contributed by atoms with van der Waals surface area (Å²) in [4.78, 5) is 33.1. The summed E-state index contributed by atoms with van der Waals surface area (Å²) in [5.74, 6) is 0.677. The molecule has 2 aliphatic heterocycles. The second-order valence-electron chi connectivity index (χ2n) is 8.22. The maximum atomic E-state index is 13.3. The van der Waals surface area contributed by atoms with E-state index in [1.807, 2.05) is 17.5 Å². The fourth-order valence-corrected chi connectivity index (χ4v) is 4.54. The number of ether oxygens (including phenoxy) is 2. The largest absolute Gasteiger partial charge is 0.379 e. The molecule has 0 unspecified atom stereocenters. The van der Waals surface area contributed by atoms with Crippen molar-refractivity contribution >= 4 is 16.9 Å². The van der Waals surface area contributed by atoms with Crippen LogP contribution in [0.4, 0.5) is 0 Å². The van der Waals surface area contributed by atoms with Crippen LogP contribution >= 0.6 is 0 Å². The van der Waals surface area contributed by atoms with Crippen molar-refractivity contribution in [3.8, 4) is 0 Å². The molecule has 5 rings (SSSR count). The predicted molar refractivity (Wildman–Crippen MR) is 111 cm³/mol. The highest BCUT2D eigenvalue weighted by molar-refractivity contribution is 5.75. The van der Waals surface area contributed by atoms with E-state index >= 15 is 0 Å². The smallest absolute Gasteiger partial charge is 0.332 e. The van der Waals surface area contributed by atoms with Gasteiger partial charge in [-0.05, 0) is 19.8 Å². The summed E-state index contributed by atoms with van der Waals surface area (Å²) in [6, 6.07) is 0. The molecule has 162 valence electrons. The van der Waals surface area contributed by atoms with Crippen molar-refractivity contribution in [2.75, 3.05) is 39.5 Å². The van der Waals surface area contributed by atoms with Crippen molar-refractivity contribution in [3.63, 3.8) is 0 Å². The van der Waals surface area contributed by atoms with Gasteiger partial charge in [-0.1, -0.05) is 0 Å². The first-order valence-electron chi connectivity index (χ1n) is 10.6. The van der Waals surface area contributed by atoms with Gasteiger partial charge in [0, 0.05) is 51.7 Å². The fourth-order valence-electron chi connectivity index (χ4n) is 4.54. The Morgan fingerprint density at radius 2 is 1.93 bits per heavy atom. The molecule has 10 nitrogen and oxygen atoms in total. The van der Waals surface area contributed by atoms with E-state index < -0.39 is 0 Å². The van der Waals surface area contributed by atoms with Gasteiger partial charge >= 0.3 is 5.69 Å². The standard InChI is InChI=1S/C20H28N6O4/c1-14-12-26-16-17(21-19(26)25(14)13-15-4-3-9-30-15)22(2)20(28)24(18(16)27)6-5-23-7-10-29-11-8-23/h12,15H,3-11,13H2,1-2H3/t15-/m1/s1. The van der Waals surface area contributed by atoms with Crippen LogP contribution in [-0.2, 0) is 29.6 Å². The van der Waals surface area contributed by atoms with E-state index in [-0.39, 0.29) is 17.4 Å². The van der Waals surface area contributed by atoms with E-state index in [0.717, 1.165) is 38.2 Å². The van der Waals surface area contributed by atoms with Crippen LogP contribution in [0.1, 0.15) is 18.5 Å². The zero-order valence-electron chi connectivity index (χ0n) is 17.5. The third-order valence-electron chi connectivity index (χ3n) is 6.29. The Labute approximate surface area is 173 Å². The Morgan fingerprint density at radius 1 is 1.13 bits per heavy atom. The van der Waals surface area contributed by atoms with E-state index in [4.69, 9.17) is 9.47 Å². The SMILES string of the molecule is Cc1cn2c3c(=O)n(CCN4CCOCC4)c(=O)n(C)c3nc2n1C[C@H]1CCCO1. The van der Waals surface area contributed by atoms with Gasteiger partial charge in [-0.15, -0.1) is 0 Å². The van der Waals surface area contributed by atoms with Crippen LogP contribution in [0.25, 0.3) is 16.9 Å². The number of rotatable bonds is 5. The van der Waals surface area contributed by atoms with Gasteiger partial charge in [-0.3, -0.25) is 23.2 Å². The number of nitrogens with zero attached hydrogens (tertiary/aromatic N) is 6. The maximum Gasteiger partial charge on any atom is 0.332 e. The van der Waals surface area contributed by atoms with Crippen LogP contribution in [0.3, 0.4) is 0 Å². The maximum absolute atomic E-state index is 13.3. The lowest BCUT2D eigenvalue weighted by molar-refractivity contribution is 0.0361. The third kappa shape index (κ3) is 3.19. The van der Waals surface area contributed by atoms with Crippen LogP contribution in [-0.4, -0.2) is 73.5 Å². The second-order valence-corrected chi connectivity index (χ2v) is 8.22. The normalized spacial score (nSPS) is 20.7. The van der Waals surface area contributed by atoms with Crippen molar-refractivity contribution in [3.05, 3.63) is 32.7 Å². The van der Waals surface area contributed by atoms with Crippen molar-refractivity contribution in [2.45, 2.75) is 39.0 Å². The summed E-state index contributed by atoms with van der Waals surface area (Å²) in [5, 5.41) is 0. The van der Waals surface area contributed by atoms with Crippen LogP contribution in [0.5, 0.6) is 0 Å². The molecule has 2 aliphatic rings. The highest BCUT2D eigenvalue weighted by Gasteiger charge is 2.23. The predicted octanol–water partition coefficient (Wildman–Crippen LogP) is -0.0310. The number of aryl methyl sites for hydroxylation is 2. The number of imidazole rings is 2. The van der Waals surface area contributed by atoms with Gasteiger partial charge in [-0.25, -0.2) is 4.79 Å². The molecule has 0 radical (unpaired) electrons. The van der Waals surface area contributed by atoms with Gasteiger partial charge in [-0.2, -0.15) is 4.98 Å².